The van der Waals surface area contributed by atoms with Gasteiger partial charge in [0.05, 0.1) is 6.07 Å². The Kier molecular flexibility index (Phi) is 7.54. The van der Waals surface area contributed by atoms with Crippen molar-refractivity contribution in [1.29, 1.82) is 5.26 Å². The first-order valence-electron chi connectivity index (χ1n) is 7.87. The summed E-state index contributed by atoms with van der Waals surface area (Å²) < 4.78 is 0. The second-order valence-electron chi connectivity index (χ2n) is 5.20. The Bertz CT molecular complexity index is 729. The summed E-state index contributed by atoms with van der Waals surface area (Å²) in [6.07, 6.45) is 0.786. The van der Waals surface area contributed by atoms with Crippen molar-refractivity contribution >= 4 is 23.6 Å². The van der Waals surface area contributed by atoms with Crippen LogP contribution in [0.2, 0.25) is 0 Å². The van der Waals surface area contributed by atoms with E-state index in [4.69, 9.17) is 5.26 Å². The van der Waals surface area contributed by atoms with Gasteiger partial charge in [0.2, 0.25) is 0 Å². The van der Waals surface area contributed by atoms with Crippen molar-refractivity contribution in [2.24, 2.45) is 0 Å². The summed E-state index contributed by atoms with van der Waals surface area (Å²) in [7, 11) is 0. The maximum Gasteiger partial charge on any atom is 0.253 e. The fourth-order valence-electron chi connectivity index (χ4n) is 2.13. The molecule has 1 unspecified atom stereocenters. The molecule has 0 aromatic heterocycles. The first-order chi connectivity index (χ1) is 12.2. The molecule has 0 spiro atoms. The molecule has 0 bridgehead atoms. The van der Waals surface area contributed by atoms with Crippen LogP contribution in [0.5, 0.6) is 0 Å². The van der Waals surface area contributed by atoms with Gasteiger partial charge in [-0.3, -0.25) is 9.59 Å². The first kappa shape index (κ1) is 18.6. The average Bonchev–Trinajstić information content (AvgIpc) is 2.66. The molecule has 0 radical (unpaired) electrons. The van der Waals surface area contributed by atoms with Crippen molar-refractivity contribution in [2.75, 3.05) is 12.3 Å². The molecule has 2 aromatic rings. The summed E-state index contributed by atoms with van der Waals surface area (Å²) in [6, 6.07) is 20.5. The Balaban J connectivity index is 1.96. The molecule has 1 atom stereocenters. The van der Waals surface area contributed by atoms with Gasteiger partial charge < -0.3 is 10.6 Å². The van der Waals surface area contributed by atoms with E-state index in [-0.39, 0.29) is 18.4 Å². The summed E-state index contributed by atoms with van der Waals surface area (Å²) in [5.74, 6) is -0.0159. The molecule has 6 heteroatoms. The molecule has 0 fully saturated rings. The molecule has 2 aromatic carbocycles. The summed E-state index contributed by atoms with van der Waals surface area (Å²) in [4.78, 5) is 24.5. The summed E-state index contributed by atoms with van der Waals surface area (Å²) in [5, 5.41) is 13.1. The van der Waals surface area contributed by atoms with Crippen LogP contribution in [0.3, 0.4) is 0 Å². The van der Waals surface area contributed by atoms with Crippen molar-refractivity contribution in [2.45, 2.75) is 11.8 Å². The van der Waals surface area contributed by atoms with Crippen LogP contribution in [0.1, 0.15) is 15.9 Å². The van der Waals surface area contributed by atoms with Crippen molar-refractivity contribution < 1.29 is 9.59 Å². The lowest BCUT2D eigenvalue weighted by molar-refractivity contribution is -0.120. The van der Waals surface area contributed by atoms with E-state index < -0.39 is 5.37 Å². The van der Waals surface area contributed by atoms with Crippen molar-refractivity contribution in [3.8, 4) is 6.07 Å². The molecule has 2 amide bonds. The number of hydrogen-bond acceptors (Lipinski definition) is 4. The summed E-state index contributed by atoms with van der Waals surface area (Å²) in [6.45, 7) is -0.0875. The van der Waals surface area contributed by atoms with Gasteiger partial charge in [-0.05, 0) is 29.9 Å². The van der Waals surface area contributed by atoms with Crippen LogP contribution in [-0.2, 0) is 11.2 Å². The molecule has 128 valence electrons. The van der Waals surface area contributed by atoms with Crippen molar-refractivity contribution in [3.63, 3.8) is 0 Å². The van der Waals surface area contributed by atoms with Gasteiger partial charge in [-0.2, -0.15) is 5.26 Å². The Morgan fingerprint density at radius 1 is 1.04 bits per heavy atom. The summed E-state index contributed by atoms with van der Waals surface area (Å²) in [5.41, 5.74) is 1.66. The lowest BCUT2D eigenvalue weighted by Gasteiger charge is -2.17. The van der Waals surface area contributed by atoms with Crippen molar-refractivity contribution in [3.05, 3.63) is 71.8 Å². The Hall–Kier alpha value is -2.78. The van der Waals surface area contributed by atoms with Gasteiger partial charge >= 0.3 is 0 Å². The monoisotopic (exact) mass is 353 g/mol. The molecule has 0 saturated heterocycles. The van der Waals surface area contributed by atoms with Gasteiger partial charge in [-0.15, -0.1) is 11.8 Å². The number of nitrogens with zero attached hydrogens (tertiary/aromatic N) is 1. The lowest BCUT2D eigenvalue weighted by Crippen LogP contribution is -2.45. The second-order valence-corrected chi connectivity index (χ2v) is 6.41. The van der Waals surface area contributed by atoms with Crippen molar-refractivity contribution in [1.82, 2.24) is 10.6 Å². The lowest BCUT2D eigenvalue weighted by atomic mass is 10.2. The minimum Gasteiger partial charge on any atom is -0.340 e. The van der Waals surface area contributed by atoms with E-state index in [9.17, 15) is 9.59 Å². The van der Waals surface area contributed by atoms with Crippen LogP contribution in [-0.4, -0.2) is 29.5 Å². The molecule has 2 rings (SSSR count). The van der Waals surface area contributed by atoms with E-state index in [0.717, 1.165) is 6.42 Å². The minimum absolute atomic E-state index is 0.0875. The van der Waals surface area contributed by atoms with Gasteiger partial charge in [-0.1, -0.05) is 48.5 Å². The zero-order chi connectivity index (χ0) is 17.9. The number of amides is 2. The standard InChI is InChI=1S/C19H19N3O2S/c20-12-13-21-18(24)19(22-17(23)16-9-5-2-6-10-16)25-14-11-15-7-3-1-4-8-15/h1-10,19H,11,13-14H2,(H,21,24)(H,22,23). The maximum atomic E-state index is 12.3. The first-order valence-corrected chi connectivity index (χ1v) is 8.91. The predicted molar refractivity (Wildman–Crippen MR) is 98.9 cm³/mol. The molecule has 25 heavy (non-hydrogen) atoms. The number of carbonyl (C=O) groups is 2. The number of benzene rings is 2. The number of carbonyl (C=O) groups excluding carboxylic acids is 2. The molecule has 0 saturated carbocycles. The third-order valence-electron chi connectivity index (χ3n) is 3.40. The van der Waals surface area contributed by atoms with Crippen LogP contribution in [0, 0.1) is 11.3 Å². The average molecular weight is 353 g/mol. The largest absolute Gasteiger partial charge is 0.340 e. The van der Waals surface area contributed by atoms with E-state index in [1.807, 2.05) is 42.5 Å². The Labute approximate surface area is 151 Å². The van der Waals surface area contributed by atoms with Crippen LogP contribution < -0.4 is 10.6 Å². The van der Waals surface area contributed by atoms with Gasteiger partial charge in [0.25, 0.3) is 11.8 Å². The zero-order valence-electron chi connectivity index (χ0n) is 13.6. The normalized spacial score (nSPS) is 11.2. The topological polar surface area (TPSA) is 82.0 Å². The number of thioether (sulfide) groups is 1. The van der Waals surface area contributed by atoms with Crippen LogP contribution >= 0.6 is 11.8 Å². The van der Waals surface area contributed by atoms with E-state index in [2.05, 4.69) is 10.6 Å². The fourth-order valence-corrected chi connectivity index (χ4v) is 3.15. The van der Waals surface area contributed by atoms with E-state index in [0.29, 0.717) is 11.3 Å². The van der Waals surface area contributed by atoms with Gasteiger partial charge in [0, 0.05) is 5.56 Å². The van der Waals surface area contributed by atoms with Crippen LogP contribution in [0.15, 0.2) is 60.7 Å². The molecule has 5 nitrogen and oxygen atoms in total. The Morgan fingerprint density at radius 2 is 1.68 bits per heavy atom. The molecule has 0 aliphatic carbocycles. The van der Waals surface area contributed by atoms with Crippen LogP contribution in [0.4, 0.5) is 0 Å². The SMILES string of the molecule is N#CCNC(=O)C(NC(=O)c1ccccc1)SCCc1ccccc1. The van der Waals surface area contributed by atoms with E-state index in [1.165, 1.54) is 17.3 Å². The maximum absolute atomic E-state index is 12.3. The zero-order valence-corrected chi connectivity index (χ0v) is 14.5. The highest BCUT2D eigenvalue weighted by Gasteiger charge is 2.21. The minimum atomic E-state index is -0.746. The summed E-state index contributed by atoms with van der Waals surface area (Å²) >= 11 is 1.34. The molecular weight excluding hydrogens is 334 g/mol. The number of nitriles is 1. The third-order valence-corrected chi connectivity index (χ3v) is 4.50. The number of rotatable bonds is 8. The quantitative estimate of drug-likeness (QED) is 0.564. The van der Waals surface area contributed by atoms with Crippen LogP contribution in [0.25, 0.3) is 0 Å². The van der Waals surface area contributed by atoms with E-state index in [1.54, 1.807) is 24.3 Å². The predicted octanol–water partition coefficient (Wildman–Crippen LogP) is 2.36. The number of aryl methyl sites for hydroxylation is 1. The molecule has 0 aliphatic rings. The highest BCUT2D eigenvalue weighted by molar-refractivity contribution is 8.00. The van der Waals surface area contributed by atoms with Gasteiger partial charge in [0.15, 0.2) is 5.37 Å². The highest BCUT2D eigenvalue weighted by Crippen LogP contribution is 2.13. The molecule has 0 heterocycles. The van der Waals surface area contributed by atoms with E-state index >= 15 is 0 Å². The van der Waals surface area contributed by atoms with Gasteiger partial charge in [-0.25, -0.2) is 0 Å². The molecular formula is C19H19N3O2S. The highest BCUT2D eigenvalue weighted by atomic mass is 32.2. The second kappa shape index (κ2) is 10.2. The molecule has 2 N–H and O–H groups in total. The van der Waals surface area contributed by atoms with Gasteiger partial charge in [0.1, 0.15) is 6.54 Å². The number of nitrogens with one attached hydrogen (secondary N) is 2. The Morgan fingerprint density at radius 3 is 2.32 bits per heavy atom. The smallest absolute Gasteiger partial charge is 0.253 e. The third kappa shape index (κ3) is 6.32. The number of hydrogen-bond donors (Lipinski definition) is 2. The molecule has 0 aliphatic heterocycles. The fraction of sp³-hybridized carbons (Fsp3) is 0.211.